The Kier molecular flexibility index (Phi) is 4.89. The maximum atomic E-state index is 12.7. The van der Waals surface area contributed by atoms with E-state index in [1.165, 1.54) is 0 Å². The van der Waals surface area contributed by atoms with Crippen molar-refractivity contribution < 1.29 is 26.6 Å². The number of ether oxygens (including phenoxy) is 1. The molecule has 0 aromatic heterocycles. The Morgan fingerprint density at radius 1 is 1.26 bits per heavy atom. The van der Waals surface area contributed by atoms with Crippen LogP contribution < -0.4 is 0 Å². The van der Waals surface area contributed by atoms with Gasteiger partial charge in [-0.15, -0.1) is 3.89 Å². The van der Waals surface area contributed by atoms with Crippen LogP contribution in [0.1, 0.15) is 27.2 Å². The lowest BCUT2D eigenvalue weighted by atomic mass is 10.0. The van der Waals surface area contributed by atoms with Crippen molar-refractivity contribution in [2.75, 3.05) is 31.9 Å². The molecule has 0 bridgehead atoms. The van der Waals surface area contributed by atoms with Gasteiger partial charge >= 0.3 is 16.3 Å². The molecule has 1 unspecified atom stereocenters. The molecule has 0 aromatic rings. The van der Waals surface area contributed by atoms with Gasteiger partial charge in [0, 0.05) is 44.4 Å². The van der Waals surface area contributed by atoms with Gasteiger partial charge in [0.2, 0.25) is 5.91 Å². The molecule has 2 aliphatic heterocycles. The molecule has 9 heteroatoms. The van der Waals surface area contributed by atoms with E-state index < -0.39 is 27.5 Å². The molecule has 2 heterocycles. The van der Waals surface area contributed by atoms with Gasteiger partial charge in [-0.3, -0.25) is 4.79 Å². The molecule has 2 aliphatic rings. The van der Waals surface area contributed by atoms with Crippen LogP contribution in [0.5, 0.6) is 0 Å². The van der Waals surface area contributed by atoms with Gasteiger partial charge in [0.15, 0.2) is 0 Å². The molecule has 2 saturated heterocycles. The minimum Gasteiger partial charge on any atom is -0.444 e. The quantitative estimate of drug-likeness (QED) is 0.706. The van der Waals surface area contributed by atoms with Crippen LogP contribution in [0.15, 0.2) is 0 Å². The lowest BCUT2D eigenvalue weighted by Crippen LogP contribution is -2.55. The molecule has 2 amide bonds. The Morgan fingerprint density at radius 2 is 1.87 bits per heavy atom. The molecule has 0 saturated carbocycles. The summed E-state index contributed by atoms with van der Waals surface area (Å²) in [5.41, 5.74) is -0.543. The molecule has 2 fully saturated rings. The van der Waals surface area contributed by atoms with Gasteiger partial charge in [0.1, 0.15) is 5.60 Å². The minimum atomic E-state index is -4.56. The fourth-order valence-corrected chi connectivity index (χ4v) is 3.68. The zero-order chi connectivity index (χ0) is 17.4. The highest BCUT2D eigenvalue weighted by atomic mass is 32.3. The van der Waals surface area contributed by atoms with Crippen molar-refractivity contribution in [1.82, 2.24) is 9.80 Å². The number of halogens is 1. The van der Waals surface area contributed by atoms with Crippen molar-refractivity contribution >= 4 is 22.2 Å². The van der Waals surface area contributed by atoms with E-state index in [9.17, 15) is 21.9 Å². The van der Waals surface area contributed by atoms with Crippen LogP contribution in [0, 0.1) is 11.8 Å². The van der Waals surface area contributed by atoms with Gasteiger partial charge in [-0.05, 0) is 20.8 Å². The first kappa shape index (κ1) is 18.0. The number of hydrogen-bond donors (Lipinski definition) is 0. The van der Waals surface area contributed by atoms with Crippen LogP contribution in [0.4, 0.5) is 8.68 Å². The summed E-state index contributed by atoms with van der Waals surface area (Å²) in [6.45, 7) is 7.11. The topological polar surface area (TPSA) is 84.0 Å². The van der Waals surface area contributed by atoms with Gasteiger partial charge in [-0.25, -0.2) is 4.79 Å². The summed E-state index contributed by atoms with van der Waals surface area (Å²) in [5, 5.41) is 0. The Labute approximate surface area is 136 Å². The molecular formula is C14H23FN2O5S. The minimum absolute atomic E-state index is 0.0612. The van der Waals surface area contributed by atoms with Crippen LogP contribution in [0.2, 0.25) is 0 Å². The SMILES string of the molecule is CC(C)(C)OC(=O)N1CC(CN2CC(CS(=O)(=O)F)CC2=O)C1. The summed E-state index contributed by atoms with van der Waals surface area (Å²) in [6, 6.07) is 0. The summed E-state index contributed by atoms with van der Waals surface area (Å²) in [5.74, 6) is -1.11. The Morgan fingerprint density at radius 3 is 2.39 bits per heavy atom. The maximum Gasteiger partial charge on any atom is 0.410 e. The van der Waals surface area contributed by atoms with Crippen LogP contribution in [-0.2, 0) is 19.8 Å². The summed E-state index contributed by atoms with van der Waals surface area (Å²) in [6.07, 6.45) is -0.311. The molecule has 1 atom stereocenters. The van der Waals surface area contributed by atoms with Crippen molar-refractivity contribution in [3.05, 3.63) is 0 Å². The predicted molar refractivity (Wildman–Crippen MR) is 80.9 cm³/mol. The van der Waals surface area contributed by atoms with E-state index in [0.29, 0.717) is 19.6 Å². The summed E-state index contributed by atoms with van der Waals surface area (Å²) in [4.78, 5) is 26.8. The Bertz CT molecular complexity index is 580. The lowest BCUT2D eigenvalue weighted by Gasteiger charge is -2.41. The van der Waals surface area contributed by atoms with Gasteiger partial charge in [0.05, 0.1) is 5.75 Å². The fraction of sp³-hybridized carbons (Fsp3) is 0.857. The van der Waals surface area contributed by atoms with Gasteiger partial charge in [0.25, 0.3) is 0 Å². The molecule has 7 nitrogen and oxygen atoms in total. The zero-order valence-electron chi connectivity index (χ0n) is 13.6. The number of likely N-dealkylation sites (tertiary alicyclic amines) is 2. The van der Waals surface area contributed by atoms with E-state index in [0.717, 1.165) is 0 Å². The fourth-order valence-electron chi connectivity index (χ4n) is 2.90. The van der Waals surface area contributed by atoms with Crippen LogP contribution >= 0.6 is 0 Å². The van der Waals surface area contributed by atoms with E-state index >= 15 is 0 Å². The summed E-state index contributed by atoms with van der Waals surface area (Å²) >= 11 is 0. The molecule has 132 valence electrons. The van der Waals surface area contributed by atoms with E-state index in [1.807, 2.05) is 0 Å². The van der Waals surface area contributed by atoms with Crippen molar-refractivity contribution in [3.8, 4) is 0 Å². The van der Waals surface area contributed by atoms with Crippen molar-refractivity contribution in [3.63, 3.8) is 0 Å². The lowest BCUT2D eigenvalue weighted by molar-refractivity contribution is -0.128. The molecule has 0 aliphatic carbocycles. The van der Waals surface area contributed by atoms with E-state index in [4.69, 9.17) is 4.74 Å². The van der Waals surface area contributed by atoms with Crippen LogP contribution in [0.3, 0.4) is 0 Å². The molecule has 23 heavy (non-hydrogen) atoms. The van der Waals surface area contributed by atoms with E-state index in [1.54, 1.807) is 30.6 Å². The highest BCUT2D eigenvalue weighted by molar-refractivity contribution is 7.86. The van der Waals surface area contributed by atoms with E-state index in [2.05, 4.69) is 0 Å². The Hall–Kier alpha value is -1.38. The second kappa shape index (κ2) is 6.26. The van der Waals surface area contributed by atoms with Gasteiger partial charge in [-0.1, -0.05) is 0 Å². The molecule has 0 aromatic carbocycles. The van der Waals surface area contributed by atoms with Gasteiger partial charge in [-0.2, -0.15) is 8.42 Å². The smallest absolute Gasteiger partial charge is 0.410 e. The van der Waals surface area contributed by atoms with Crippen LogP contribution in [-0.4, -0.2) is 67.8 Å². The number of hydrogen-bond acceptors (Lipinski definition) is 5. The number of rotatable bonds is 4. The molecule has 0 spiro atoms. The maximum absolute atomic E-state index is 12.7. The predicted octanol–water partition coefficient (Wildman–Crippen LogP) is 1.00. The molecular weight excluding hydrogens is 327 g/mol. The summed E-state index contributed by atoms with van der Waals surface area (Å²) in [7, 11) is -4.56. The summed E-state index contributed by atoms with van der Waals surface area (Å²) < 4.78 is 39.3. The highest BCUT2D eigenvalue weighted by Crippen LogP contribution is 2.25. The van der Waals surface area contributed by atoms with Crippen molar-refractivity contribution in [2.24, 2.45) is 11.8 Å². The third-order valence-electron chi connectivity index (χ3n) is 3.82. The van der Waals surface area contributed by atoms with Crippen molar-refractivity contribution in [1.29, 1.82) is 0 Å². The molecule has 0 N–H and O–H groups in total. The largest absolute Gasteiger partial charge is 0.444 e. The highest BCUT2D eigenvalue weighted by Gasteiger charge is 2.38. The third-order valence-corrected chi connectivity index (χ3v) is 4.69. The number of carbonyl (C=O) groups is 2. The number of carbonyl (C=O) groups excluding carboxylic acids is 2. The van der Waals surface area contributed by atoms with E-state index in [-0.39, 0.29) is 30.9 Å². The number of amides is 2. The normalized spacial score (nSPS) is 23.1. The van der Waals surface area contributed by atoms with Crippen molar-refractivity contribution in [2.45, 2.75) is 32.8 Å². The average molecular weight is 350 g/mol. The second-order valence-electron chi connectivity index (χ2n) is 7.33. The molecule has 0 radical (unpaired) electrons. The molecule has 2 rings (SSSR count). The first-order chi connectivity index (χ1) is 10.4. The third kappa shape index (κ3) is 5.33. The second-order valence-corrected chi connectivity index (χ2v) is 8.74. The van der Waals surface area contributed by atoms with Gasteiger partial charge < -0.3 is 14.5 Å². The standard InChI is InChI=1S/C14H23FN2O5S/c1-14(2,3)22-13(19)17-7-11(8-17)6-16-5-10(4-12(16)18)9-23(15,20)21/h10-11H,4-9H2,1-3H3. The van der Waals surface area contributed by atoms with Crippen LogP contribution in [0.25, 0.3) is 0 Å². The average Bonchev–Trinajstić information content (AvgIpc) is 2.57. The number of nitrogens with zero attached hydrogens (tertiary/aromatic N) is 2. The zero-order valence-corrected chi connectivity index (χ0v) is 14.4. The first-order valence-corrected chi connectivity index (χ1v) is 9.16. The Balaban J connectivity index is 1.76. The first-order valence-electron chi connectivity index (χ1n) is 7.61. The monoisotopic (exact) mass is 350 g/mol.